The van der Waals surface area contributed by atoms with Gasteiger partial charge in [-0.25, -0.2) is 4.98 Å². The Hall–Kier alpha value is -2.58. The van der Waals surface area contributed by atoms with Crippen molar-refractivity contribution in [2.45, 2.75) is 56.0 Å². The highest BCUT2D eigenvalue weighted by Crippen LogP contribution is 2.31. The number of aromatic nitrogens is 3. The Kier molecular flexibility index (Phi) is 7.65. The molecule has 2 atom stereocenters. The quantitative estimate of drug-likeness (QED) is 0.329. The Morgan fingerprint density at radius 2 is 2.12 bits per heavy atom. The maximum Gasteiger partial charge on any atom is 0.217 e. The number of fused-ring (bicyclic) bond motifs is 1. The van der Waals surface area contributed by atoms with E-state index in [0.29, 0.717) is 19.6 Å². The molecule has 1 amide bonds. The molecule has 1 aromatic carbocycles. The number of nitrogens with two attached hydrogens (primary N) is 1. The van der Waals surface area contributed by atoms with Crippen molar-refractivity contribution >= 4 is 28.7 Å². The van der Waals surface area contributed by atoms with Gasteiger partial charge in [0.05, 0.1) is 36.0 Å². The molecular weight excluding hydrogens is 424 g/mol. The summed E-state index contributed by atoms with van der Waals surface area (Å²) in [6.07, 6.45) is 6.29. The van der Waals surface area contributed by atoms with Crippen LogP contribution in [-0.4, -0.2) is 40.2 Å². The van der Waals surface area contributed by atoms with Gasteiger partial charge >= 0.3 is 0 Å². The van der Waals surface area contributed by atoms with Crippen LogP contribution in [0.2, 0.25) is 0 Å². The topological polar surface area (TPSA) is 103 Å². The van der Waals surface area contributed by atoms with Gasteiger partial charge < -0.3 is 20.2 Å². The molecular formula is C24H30N4O3S. The lowest BCUT2D eigenvalue weighted by Crippen LogP contribution is -2.25. The highest BCUT2D eigenvalue weighted by atomic mass is 32.2. The average molecular weight is 455 g/mol. The predicted octanol–water partition coefficient (Wildman–Crippen LogP) is 4.39. The molecule has 3 N–H and O–H groups in total. The Morgan fingerprint density at radius 1 is 1.25 bits per heavy atom. The Labute approximate surface area is 192 Å². The number of H-pyrrole nitrogens is 1. The number of hydrogen-bond donors (Lipinski definition) is 2. The molecule has 0 bridgehead atoms. The van der Waals surface area contributed by atoms with Crippen molar-refractivity contribution < 1.29 is 14.3 Å². The normalized spacial score (nSPS) is 18.3. The molecule has 4 rings (SSSR count). The summed E-state index contributed by atoms with van der Waals surface area (Å²) >= 11 is 1.63. The number of para-hydroxylation sites is 2. The zero-order chi connectivity index (χ0) is 22.3. The van der Waals surface area contributed by atoms with Crippen LogP contribution in [0.1, 0.15) is 43.4 Å². The van der Waals surface area contributed by atoms with Gasteiger partial charge in [-0.15, -0.1) is 0 Å². The second-order valence-electron chi connectivity index (χ2n) is 8.20. The Balaban J connectivity index is 1.23. The summed E-state index contributed by atoms with van der Waals surface area (Å²) in [4.78, 5) is 23.7. The van der Waals surface area contributed by atoms with Crippen molar-refractivity contribution in [3.8, 4) is 5.75 Å². The van der Waals surface area contributed by atoms with Gasteiger partial charge in [-0.2, -0.15) is 0 Å². The number of carbonyl (C=O) groups excluding carboxylic acids is 1. The summed E-state index contributed by atoms with van der Waals surface area (Å²) in [5, 5.41) is 0.887. The molecule has 2 heterocycles. The molecule has 1 fully saturated rings. The summed E-state index contributed by atoms with van der Waals surface area (Å²) in [6.45, 7) is 3.24. The number of ether oxygens (including phenoxy) is 2. The van der Waals surface area contributed by atoms with Crippen LogP contribution in [0.15, 0.2) is 41.7 Å². The van der Waals surface area contributed by atoms with Crippen LogP contribution in [0.4, 0.5) is 0 Å². The smallest absolute Gasteiger partial charge is 0.217 e. The van der Waals surface area contributed by atoms with E-state index in [1.807, 2.05) is 37.3 Å². The molecule has 2 unspecified atom stereocenters. The van der Waals surface area contributed by atoms with Crippen LogP contribution >= 0.6 is 11.8 Å². The SMILES string of the molecule is Cc1c(OCCCOC2CCCC2CC(N)=O)ccnc1CSc1nc2ccccc2[nH]1. The largest absolute Gasteiger partial charge is 0.493 e. The summed E-state index contributed by atoms with van der Waals surface area (Å²) < 4.78 is 12.0. The second-order valence-corrected chi connectivity index (χ2v) is 9.17. The summed E-state index contributed by atoms with van der Waals surface area (Å²) in [5.74, 6) is 1.60. The van der Waals surface area contributed by atoms with Gasteiger partial charge in [0.15, 0.2) is 5.16 Å². The van der Waals surface area contributed by atoms with Gasteiger partial charge in [0, 0.05) is 30.4 Å². The minimum Gasteiger partial charge on any atom is -0.493 e. The van der Waals surface area contributed by atoms with Gasteiger partial charge in [0.1, 0.15) is 5.75 Å². The minimum atomic E-state index is -0.240. The molecule has 1 aliphatic carbocycles. The number of thioether (sulfide) groups is 1. The van der Waals surface area contributed by atoms with Gasteiger partial charge in [0.25, 0.3) is 0 Å². The fourth-order valence-electron chi connectivity index (χ4n) is 4.19. The summed E-state index contributed by atoms with van der Waals surface area (Å²) in [5.41, 5.74) is 9.40. The molecule has 0 saturated heterocycles. The first-order chi connectivity index (χ1) is 15.6. The van der Waals surface area contributed by atoms with Crippen molar-refractivity contribution in [3.63, 3.8) is 0 Å². The van der Waals surface area contributed by atoms with E-state index in [9.17, 15) is 4.79 Å². The molecule has 170 valence electrons. The molecule has 0 radical (unpaired) electrons. The minimum absolute atomic E-state index is 0.145. The number of imidazole rings is 1. The van der Waals surface area contributed by atoms with Crippen LogP contribution in [0.5, 0.6) is 5.75 Å². The predicted molar refractivity (Wildman–Crippen MR) is 126 cm³/mol. The number of benzene rings is 1. The van der Waals surface area contributed by atoms with Gasteiger partial charge in [-0.1, -0.05) is 30.3 Å². The van der Waals surface area contributed by atoms with Crippen LogP contribution in [0.25, 0.3) is 11.0 Å². The number of carbonyl (C=O) groups is 1. The van der Waals surface area contributed by atoms with Crippen molar-refractivity contribution in [2.24, 2.45) is 11.7 Å². The number of pyridine rings is 1. The number of aromatic amines is 1. The van der Waals surface area contributed by atoms with E-state index >= 15 is 0 Å². The van der Waals surface area contributed by atoms with Crippen molar-refractivity contribution in [1.82, 2.24) is 15.0 Å². The number of hydrogen-bond acceptors (Lipinski definition) is 6. The Bertz CT molecular complexity index is 1020. The van der Waals surface area contributed by atoms with Crippen molar-refractivity contribution in [2.75, 3.05) is 13.2 Å². The summed E-state index contributed by atoms with van der Waals surface area (Å²) in [6, 6.07) is 9.92. The molecule has 3 aromatic rings. The van der Waals surface area contributed by atoms with Gasteiger partial charge in [-0.05, 0) is 43.9 Å². The zero-order valence-electron chi connectivity index (χ0n) is 18.4. The third-order valence-electron chi connectivity index (χ3n) is 5.90. The maximum atomic E-state index is 11.2. The molecule has 8 heteroatoms. The monoisotopic (exact) mass is 454 g/mol. The molecule has 32 heavy (non-hydrogen) atoms. The first-order valence-corrected chi connectivity index (χ1v) is 12.1. The third kappa shape index (κ3) is 5.81. The number of rotatable bonds is 11. The summed E-state index contributed by atoms with van der Waals surface area (Å²) in [7, 11) is 0. The van der Waals surface area contributed by atoms with E-state index in [1.54, 1.807) is 18.0 Å². The zero-order valence-corrected chi connectivity index (χ0v) is 19.2. The third-order valence-corrected chi connectivity index (χ3v) is 6.79. The van der Waals surface area contributed by atoms with Crippen molar-refractivity contribution in [3.05, 3.63) is 47.8 Å². The lowest BCUT2D eigenvalue weighted by molar-refractivity contribution is -0.120. The number of nitrogens with one attached hydrogen (secondary N) is 1. The first-order valence-electron chi connectivity index (χ1n) is 11.1. The lowest BCUT2D eigenvalue weighted by Gasteiger charge is -2.19. The number of amides is 1. The van der Waals surface area contributed by atoms with Crippen LogP contribution in [-0.2, 0) is 15.3 Å². The van der Waals surface area contributed by atoms with Gasteiger partial charge in [0.2, 0.25) is 5.91 Å². The molecule has 0 spiro atoms. The maximum absolute atomic E-state index is 11.2. The Morgan fingerprint density at radius 3 is 2.97 bits per heavy atom. The highest BCUT2D eigenvalue weighted by molar-refractivity contribution is 7.98. The van der Waals surface area contributed by atoms with E-state index in [-0.39, 0.29) is 17.9 Å². The number of nitrogens with zero attached hydrogens (tertiary/aromatic N) is 2. The van der Waals surface area contributed by atoms with Crippen LogP contribution < -0.4 is 10.5 Å². The van der Waals surface area contributed by atoms with E-state index in [4.69, 9.17) is 15.2 Å². The van der Waals surface area contributed by atoms with Gasteiger partial charge in [-0.3, -0.25) is 9.78 Å². The lowest BCUT2D eigenvalue weighted by atomic mass is 10.0. The highest BCUT2D eigenvalue weighted by Gasteiger charge is 2.29. The standard InChI is InChI=1S/C24H30N4O3S/c1-16-20(15-32-24-27-18-7-2-3-8-19(18)28-24)26-11-10-21(16)30-12-5-13-31-22-9-4-6-17(22)14-23(25)29/h2-3,7-8,10-11,17,22H,4-6,9,12-15H2,1H3,(H2,25,29)(H,27,28). The molecule has 2 aromatic heterocycles. The number of primary amides is 1. The fourth-order valence-corrected chi connectivity index (χ4v) is 5.09. The van der Waals surface area contributed by atoms with Crippen LogP contribution in [0.3, 0.4) is 0 Å². The second kappa shape index (κ2) is 10.8. The first kappa shape index (κ1) is 22.6. The van der Waals surface area contributed by atoms with Crippen LogP contribution in [0, 0.1) is 12.8 Å². The average Bonchev–Trinajstić information content (AvgIpc) is 3.39. The van der Waals surface area contributed by atoms with E-state index in [1.165, 1.54) is 0 Å². The van der Waals surface area contributed by atoms with E-state index < -0.39 is 0 Å². The molecule has 1 saturated carbocycles. The van der Waals surface area contributed by atoms with E-state index in [2.05, 4.69) is 15.0 Å². The fraction of sp³-hybridized carbons (Fsp3) is 0.458. The van der Waals surface area contributed by atoms with Crippen molar-refractivity contribution in [1.29, 1.82) is 0 Å². The molecule has 0 aliphatic heterocycles. The molecule has 7 nitrogen and oxygen atoms in total. The van der Waals surface area contributed by atoms with E-state index in [0.717, 1.165) is 64.6 Å². The molecule has 1 aliphatic rings.